The number of likely N-dealkylation sites (tertiary alicyclic amines) is 1. The lowest BCUT2D eigenvalue weighted by molar-refractivity contribution is -0.137. The minimum Gasteiger partial charge on any atom is -0.493 e. The second-order valence-corrected chi connectivity index (χ2v) is 9.75. The Bertz CT molecular complexity index is 937. The predicted molar refractivity (Wildman–Crippen MR) is 133 cm³/mol. The lowest BCUT2D eigenvalue weighted by Gasteiger charge is -2.29. The Morgan fingerprint density at radius 2 is 1.94 bits per heavy atom. The van der Waals surface area contributed by atoms with Crippen LogP contribution in [0.1, 0.15) is 56.3 Å². The molecule has 1 saturated heterocycles. The molecular weight excluding hydrogens is 464 g/mol. The van der Waals surface area contributed by atoms with Crippen LogP contribution in [0.4, 0.5) is 0 Å². The molecule has 1 aromatic carbocycles. The number of benzene rings is 1. The fourth-order valence-electron chi connectivity index (χ4n) is 4.64. The van der Waals surface area contributed by atoms with E-state index < -0.39 is 23.9 Å². The highest BCUT2D eigenvalue weighted by molar-refractivity contribution is 6.01. The quantitative estimate of drug-likeness (QED) is 0.556. The van der Waals surface area contributed by atoms with Crippen molar-refractivity contribution in [3.05, 3.63) is 29.8 Å². The first-order valence-electron chi connectivity index (χ1n) is 12.7. The minimum absolute atomic E-state index is 0.117. The Morgan fingerprint density at radius 1 is 1.17 bits per heavy atom. The van der Waals surface area contributed by atoms with E-state index in [4.69, 9.17) is 9.47 Å². The van der Waals surface area contributed by atoms with E-state index in [0.29, 0.717) is 44.9 Å². The summed E-state index contributed by atoms with van der Waals surface area (Å²) in [5.74, 6) is -1.05. The maximum absolute atomic E-state index is 13.6. The summed E-state index contributed by atoms with van der Waals surface area (Å²) in [5.41, 5.74) is 0.280. The van der Waals surface area contributed by atoms with Gasteiger partial charge in [0.2, 0.25) is 17.7 Å². The van der Waals surface area contributed by atoms with E-state index in [1.165, 1.54) is 0 Å². The van der Waals surface area contributed by atoms with Gasteiger partial charge in [-0.15, -0.1) is 0 Å². The normalized spacial score (nSPS) is 24.1. The summed E-state index contributed by atoms with van der Waals surface area (Å²) in [6, 6.07) is 4.82. The molecule has 3 atom stereocenters. The SMILES string of the molecule is COC[C@@H]1CCCN1C(=O)[C@@H]1CC(=O)N[C@H](CC(C)C)C(=O)NCCCOc2ccccc2C(=O)N1. The first kappa shape index (κ1) is 27.4. The second-order valence-electron chi connectivity index (χ2n) is 9.75. The Labute approximate surface area is 212 Å². The average molecular weight is 503 g/mol. The summed E-state index contributed by atoms with van der Waals surface area (Å²) in [4.78, 5) is 54.4. The summed E-state index contributed by atoms with van der Waals surface area (Å²) < 4.78 is 11.1. The van der Waals surface area contributed by atoms with Gasteiger partial charge in [-0.1, -0.05) is 26.0 Å². The second kappa shape index (κ2) is 13.2. The van der Waals surface area contributed by atoms with Crippen LogP contribution in [0.5, 0.6) is 5.75 Å². The molecule has 0 unspecified atom stereocenters. The number of ether oxygens (including phenoxy) is 2. The van der Waals surface area contributed by atoms with Crippen LogP contribution in [0, 0.1) is 5.92 Å². The standard InChI is InChI=1S/C26H38N4O6/c1-17(2)14-20-25(33)27-11-7-13-36-22-10-5-4-9-19(22)24(32)29-21(15-23(31)28-20)26(34)30-12-6-8-18(30)16-35-3/h4-5,9-10,17-18,20-21H,6-8,11-16H2,1-3H3,(H,27,33)(H,28,31)(H,29,32)/t18-,20+,21-/m0/s1. The molecule has 4 amide bonds. The molecule has 0 bridgehead atoms. The van der Waals surface area contributed by atoms with E-state index in [9.17, 15) is 19.2 Å². The van der Waals surface area contributed by atoms with Crippen molar-refractivity contribution in [3.8, 4) is 5.75 Å². The molecule has 0 radical (unpaired) electrons. The molecular formula is C26H38N4O6. The first-order valence-corrected chi connectivity index (χ1v) is 12.7. The first-order chi connectivity index (χ1) is 17.3. The number of hydrogen-bond acceptors (Lipinski definition) is 6. The van der Waals surface area contributed by atoms with Crippen molar-refractivity contribution >= 4 is 23.6 Å². The minimum atomic E-state index is -1.10. The molecule has 10 heteroatoms. The number of nitrogens with zero attached hydrogens (tertiary/aromatic N) is 1. The molecule has 198 valence electrons. The van der Waals surface area contributed by atoms with E-state index in [-0.39, 0.29) is 35.8 Å². The smallest absolute Gasteiger partial charge is 0.255 e. The Hall–Kier alpha value is -3.14. The lowest BCUT2D eigenvalue weighted by Crippen LogP contribution is -2.54. The van der Waals surface area contributed by atoms with Crippen LogP contribution in [0.15, 0.2) is 24.3 Å². The molecule has 1 aromatic rings. The number of carbonyl (C=O) groups excluding carboxylic acids is 4. The number of methoxy groups -OCH3 is 1. The number of amides is 4. The van der Waals surface area contributed by atoms with Gasteiger partial charge in [0, 0.05) is 20.2 Å². The molecule has 3 N–H and O–H groups in total. The van der Waals surface area contributed by atoms with Crippen LogP contribution in [0.25, 0.3) is 0 Å². The van der Waals surface area contributed by atoms with Crippen LogP contribution >= 0.6 is 0 Å². The van der Waals surface area contributed by atoms with Crippen molar-refractivity contribution in [1.29, 1.82) is 0 Å². The average Bonchev–Trinajstić information content (AvgIpc) is 3.30. The van der Waals surface area contributed by atoms with Gasteiger partial charge in [-0.05, 0) is 43.7 Å². The molecule has 0 saturated carbocycles. The van der Waals surface area contributed by atoms with Crippen molar-refractivity contribution in [2.45, 2.75) is 64.1 Å². The molecule has 0 aromatic heterocycles. The number of fused-ring (bicyclic) bond motifs is 1. The van der Waals surface area contributed by atoms with E-state index in [1.807, 2.05) is 13.8 Å². The van der Waals surface area contributed by atoms with Gasteiger partial charge in [0.05, 0.1) is 31.2 Å². The number of carbonyl (C=O) groups is 4. The predicted octanol–water partition coefficient (Wildman–Crippen LogP) is 1.24. The maximum atomic E-state index is 13.6. The van der Waals surface area contributed by atoms with Gasteiger partial charge in [0.25, 0.3) is 5.91 Å². The van der Waals surface area contributed by atoms with E-state index in [0.717, 1.165) is 12.8 Å². The maximum Gasteiger partial charge on any atom is 0.255 e. The Morgan fingerprint density at radius 3 is 2.69 bits per heavy atom. The summed E-state index contributed by atoms with van der Waals surface area (Å²) >= 11 is 0. The third-order valence-electron chi connectivity index (χ3n) is 6.38. The van der Waals surface area contributed by atoms with Crippen LogP contribution in [-0.2, 0) is 19.1 Å². The zero-order valence-corrected chi connectivity index (χ0v) is 21.4. The van der Waals surface area contributed by atoms with E-state index in [2.05, 4.69) is 16.0 Å². The van der Waals surface area contributed by atoms with Crippen molar-refractivity contribution in [1.82, 2.24) is 20.9 Å². The lowest BCUT2D eigenvalue weighted by atomic mass is 10.0. The van der Waals surface area contributed by atoms with Gasteiger partial charge in [0.1, 0.15) is 17.8 Å². The van der Waals surface area contributed by atoms with Crippen molar-refractivity contribution in [3.63, 3.8) is 0 Å². The molecule has 36 heavy (non-hydrogen) atoms. The van der Waals surface area contributed by atoms with E-state index in [1.54, 1.807) is 36.3 Å². The fraction of sp³-hybridized carbons (Fsp3) is 0.615. The van der Waals surface area contributed by atoms with Gasteiger partial charge >= 0.3 is 0 Å². The van der Waals surface area contributed by atoms with Gasteiger partial charge in [0.15, 0.2) is 0 Å². The zero-order chi connectivity index (χ0) is 26.1. The van der Waals surface area contributed by atoms with Gasteiger partial charge < -0.3 is 30.3 Å². The summed E-state index contributed by atoms with van der Waals surface area (Å²) in [6.45, 7) is 5.51. The number of rotatable bonds is 5. The summed E-state index contributed by atoms with van der Waals surface area (Å²) in [7, 11) is 1.58. The number of nitrogens with one attached hydrogen (secondary N) is 3. The Balaban J connectivity index is 1.89. The summed E-state index contributed by atoms with van der Waals surface area (Å²) in [6.07, 6.45) is 2.30. The molecule has 0 spiro atoms. The van der Waals surface area contributed by atoms with Crippen molar-refractivity contribution < 1.29 is 28.7 Å². The largest absolute Gasteiger partial charge is 0.493 e. The third kappa shape index (κ3) is 7.43. The van der Waals surface area contributed by atoms with Crippen LogP contribution in [0.2, 0.25) is 0 Å². The van der Waals surface area contributed by atoms with Gasteiger partial charge in [-0.25, -0.2) is 0 Å². The van der Waals surface area contributed by atoms with Crippen molar-refractivity contribution in [2.75, 3.05) is 33.4 Å². The monoisotopic (exact) mass is 502 g/mol. The summed E-state index contributed by atoms with van der Waals surface area (Å²) in [5, 5.41) is 8.41. The van der Waals surface area contributed by atoms with E-state index >= 15 is 0 Å². The zero-order valence-electron chi connectivity index (χ0n) is 21.4. The fourth-order valence-corrected chi connectivity index (χ4v) is 4.64. The Kier molecular flexibility index (Phi) is 10.1. The topological polar surface area (TPSA) is 126 Å². The molecule has 2 aliphatic heterocycles. The van der Waals surface area contributed by atoms with Crippen LogP contribution in [0.3, 0.4) is 0 Å². The van der Waals surface area contributed by atoms with Crippen LogP contribution < -0.4 is 20.7 Å². The molecule has 2 heterocycles. The molecule has 3 rings (SSSR count). The number of para-hydroxylation sites is 1. The van der Waals surface area contributed by atoms with Gasteiger partial charge in [-0.2, -0.15) is 0 Å². The van der Waals surface area contributed by atoms with Gasteiger partial charge in [-0.3, -0.25) is 19.2 Å². The highest BCUT2D eigenvalue weighted by Crippen LogP contribution is 2.21. The van der Waals surface area contributed by atoms with Crippen molar-refractivity contribution in [2.24, 2.45) is 5.92 Å². The van der Waals surface area contributed by atoms with Crippen LogP contribution in [-0.4, -0.2) is 80.1 Å². The number of hydrogen-bond donors (Lipinski definition) is 3. The highest BCUT2D eigenvalue weighted by Gasteiger charge is 2.36. The molecule has 0 aliphatic carbocycles. The third-order valence-corrected chi connectivity index (χ3v) is 6.38. The molecule has 1 fully saturated rings. The molecule has 10 nitrogen and oxygen atoms in total. The molecule has 2 aliphatic rings. The highest BCUT2D eigenvalue weighted by atomic mass is 16.5.